The number of rotatable bonds is 1. The molecule has 3 nitrogen and oxygen atoms in total. The maximum Gasteiger partial charge on any atom is 0.153 e. The molecule has 1 heterocycles. The molecule has 1 aliphatic heterocycles. The van der Waals surface area contributed by atoms with Crippen molar-refractivity contribution in [1.29, 1.82) is 0 Å². The van der Waals surface area contributed by atoms with Crippen LogP contribution in [0.4, 0.5) is 0 Å². The van der Waals surface area contributed by atoms with E-state index in [1.165, 1.54) is 0 Å². The molecule has 1 unspecified atom stereocenters. The van der Waals surface area contributed by atoms with Crippen LogP contribution < -0.4 is 0 Å². The van der Waals surface area contributed by atoms with E-state index in [0.717, 1.165) is 28.2 Å². The average molecular weight is 214 g/mol. The summed E-state index contributed by atoms with van der Waals surface area (Å²) in [5, 5.41) is 11.8. The van der Waals surface area contributed by atoms with Crippen LogP contribution in [-0.4, -0.2) is 11.4 Å². The Morgan fingerprint density at radius 1 is 1.38 bits per heavy atom. The summed E-state index contributed by atoms with van der Waals surface area (Å²) in [7, 11) is 0. The Hall–Kier alpha value is -1.87. The van der Waals surface area contributed by atoms with Gasteiger partial charge in [0, 0.05) is 10.9 Å². The maximum absolute atomic E-state index is 10.8. The van der Waals surface area contributed by atoms with Crippen LogP contribution in [0.1, 0.15) is 17.2 Å². The Labute approximate surface area is 92.3 Å². The summed E-state index contributed by atoms with van der Waals surface area (Å²) in [4.78, 5) is 10.8. The van der Waals surface area contributed by atoms with E-state index in [1.54, 1.807) is 0 Å². The lowest BCUT2D eigenvalue weighted by Gasteiger charge is -2.07. The fourth-order valence-electron chi connectivity index (χ4n) is 2.17. The number of phenolic OH excluding ortho intramolecular Hbond substituents is 1. The molecule has 0 aliphatic carbocycles. The fourth-order valence-corrected chi connectivity index (χ4v) is 2.17. The Kier molecular flexibility index (Phi) is 1.94. The zero-order valence-electron chi connectivity index (χ0n) is 8.51. The Bertz CT molecular complexity index is 575. The van der Waals surface area contributed by atoms with Gasteiger partial charge in [-0.15, -0.1) is 0 Å². The van der Waals surface area contributed by atoms with Gasteiger partial charge in [-0.05, 0) is 17.0 Å². The van der Waals surface area contributed by atoms with Gasteiger partial charge < -0.3 is 14.6 Å². The molecular weight excluding hydrogens is 204 g/mol. The van der Waals surface area contributed by atoms with E-state index in [2.05, 4.69) is 0 Å². The zero-order chi connectivity index (χ0) is 11.1. The standard InChI is InChI=1S/C13H10O3/c14-6-12-10-5-8-3-1-2-4-9(8)13(15)11(10)7-16-12/h1-6,12,15H,7H2. The van der Waals surface area contributed by atoms with Crippen molar-refractivity contribution in [2.45, 2.75) is 12.7 Å². The molecule has 0 radical (unpaired) electrons. The van der Waals surface area contributed by atoms with Crippen molar-refractivity contribution in [3.05, 3.63) is 41.5 Å². The lowest BCUT2D eigenvalue weighted by atomic mass is 9.99. The quantitative estimate of drug-likeness (QED) is 0.741. The highest BCUT2D eigenvalue weighted by Crippen LogP contribution is 2.39. The van der Waals surface area contributed by atoms with Crippen molar-refractivity contribution >= 4 is 17.1 Å². The summed E-state index contributed by atoms with van der Waals surface area (Å²) in [5.41, 5.74) is 1.52. The smallest absolute Gasteiger partial charge is 0.153 e. The van der Waals surface area contributed by atoms with Gasteiger partial charge in [0.05, 0.1) is 6.61 Å². The second-order valence-electron chi connectivity index (χ2n) is 3.88. The van der Waals surface area contributed by atoms with Gasteiger partial charge in [-0.25, -0.2) is 0 Å². The minimum absolute atomic E-state index is 0.234. The van der Waals surface area contributed by atoms with Crippen LogP contribution in [0.25, 0.3) is 10.8 Å². The Morgan fingerprint density at radius 2 is 2.19 bits per heavy atom. The predicted octanol–water partition coefficient (Wildman–Crippen LogP) is 2.32. The first-order chi connectivity index (χ1) is 7.81. The fraction of sp³-hybridized carbons (Fsp3) is 0.154. The summed E-state index contributed by atoms with van der Waals surface area (Å²) in [6, 6.07) is 9.46. The molecule has 1 N–H and O–H groups in total. The van der Waals surface area contributed by atoms with Gasteiger partial charge in [0.1, 0.15) is 11.9 Å². The molecule has 2 aromatic rings. The molecule has 16 heavy (non-hydrogen) atoms. The lowest BCUT2D eigenvalue weighted by Crippen LogP contribution is -1.96. The summed E-state index contributed by atoms with van der Waals surface area (Å²) in [6.45, 7) is 0.301. The molecule has 0 saturated heterocycles. The molecule has 3 rings (SSSR count). The van der Waals surface area contributed by atoms with Crippen LogP contribution in [0.3, 0.4) is 0 Å². The molecule has 2 aromatic carbocycles. The van der Waals surface area contributed by atoms with E-state index in [9.17, 15) is 9.90 Å². The number of ether oxygens (including phenoxy) is 1. The number of hydrogen-bond acceptors (Lipinski definition) is 3. The van der Waals surface area contributed by atoms with Crippen LogP contribution in [-0.2, 0) is 16.1 Å². The van der Waals surface area contributed by atoms with Crippen LogP contribution >= 0.6 is 0 Å². The average Bonchev–Trinajstić information content (AvgIpc) is 2.72. The van der Waals surface area contributed by atoms with Crippen LogP contribution in [0.5, 0.6) is 5.75 Å². The summed E-state index contributed by atoms with van der Waals surface area (Å²) >= 11 is 0. The number of aldehydes is 1. The number of phenols is 1. The van der Waals surface area contributed by atoms with Crippen molar-refractivity contribution < 1.29 is 14.6 Å². The first kappa shape index (κ1) is 9.36. The molecule has 0 amide bonds. The zero-order valence-corrected chi connectivity index (χ0v) is 8.51. The third-order valence-corrected chi connectivity index (χ3v) is 3.00. The highest BCUT2D eigenvalue weighted by molar-refractivity contribution is 5.91. The number of carbonyl (C=O) groups is 1. The lowest BCUT2D eigenvalue weighted by molar-refractivity contribution is -0.117. The molecule has 0 fully saturated rings. The predicted molar refractivity (Wildman–Crippen MR) is 59.2 cm³/mol. The number of benzene rings is 2. The molecule has 0 spiro atoms. The minimum Gasteiger partial charge on any atom is -0.507 e. The van der Waals surface area contributed by atoms with E-state index in [4.69, 9.17) is 4.74 Å². The van der Waals surface area contributed by atoms with Gasteiger partial charge in [-0.3, -0.25) is 0 Å². The molecule has 0 aromatic heterocycles. The van der Waals surface area contributed by atoms with E-state index >= 15 is 0 Å². The van der Waals surface area contributed by atoms with Crippen LogP contribution in [0.15, 0.2) is 30.3 Å². The molecule has 3 heteroatoms. The summed E-state index contributed by atoms with van der Waals surface area (Å²) in [6.07, 6.45) is 0.227. The van der Waals surface area contributed by atoms with Crippen molar-refractivity contribution in [2.75, 3.05) is 0 Å². The SMILES string of the molecule is O=CC1OCc2c1cc1ccccc1c2O. The van der Waals surface area contributed by atoms with Gasteiger partial charge in [0.25, 0.3) is 0 Å². The second-order valence-corrected chi connectivity index (χ2v) is 3.88. The van der Waals surface area contributed by atoms with Crippen molar-refractivity contribution in [3.63, 3.8) is 0 Å². The minimum atomic E-state index is -0.537. The molecular formula is C13H10O3. The summed E-state index contributed by atoms with van der Waals surface area (Å²) in [5.74, 6) is 0.234. The Balaban J connectivity index is 2.36. The van der Waals surface area contributed by atoms with Gasteiger partial charge in [-0.2, -0.15) is 0 Å². The Morgan fingerprint density at radius 3 is 3.00 bits per heavy atom. The van der Waals surface area contributed by atoms with Gasteiger partial charge in [-0.1, -0.05) is 24.3 Å². The topological polar surface area (TPSA) is 46.5 Å². The number of aromatic hydroxyl groups is 1. The van der Waals surface area contributed by atoms with Crippen molar-refractivity contribution in [3.8, 4) is 5.75 Å². The summed E-state index contributed by atoms with van der Waals surface area (Å²) < 4.78 is 5.30. The van der Waals surface area contributed by atoms with Gasteiger partial charge in [0.15, 0.2) is 6.29 Å². The maximum atomic E-state index is 10.8. The third-order valence-electron chi connectivity index (χ3n) is 3.00. The monoisotopic (exact) mass is 214 g/mol. The number of carbonyl (C=O) groups excluding carboxylic acids is 1. The highest BCUT2D eigenvalue weighted by Gasteiger charge is 2.26. The van der Waals surface area contributed by atoms with Gasteiger partial charge >= 0.3 is 0 Å². The molecule has 1 atom stereocenters. The van der Waals surface area contributed by atoms with Crippen molar-refractivity contribution in [1.82, 2.24) is 0 Å². The number of fused-ring (bicyclic) bond motifs is 2. The second kappa shape index (κ2) is 3.32. The first-order valence-corrected chi connectivity index (χ1v) is 5.11. The molecule has 1 aliphatic rings. The molecule has 0 saturated carbocycles. The molecule has 80 valence electrons. The normalized spacial score (nSPS) is 18.6. The van der Waals surface area contributed by atoms with Crippen LogP contribution in [0.2, 0.25) is 0 Å². The third kappa shape index (κ3) is 1.15. The first-order valence-electron chi connectivity index (χ1n) is 5.11. The molecule has 0 bridgehead atoms. The van der Waals surface area contributed by atoms with E-state index in [0.29, 0.717) is 6.61 Å². The van der Waals surface area contributed by atoms with Crippen molar-refractivity contribution in [2.24, 2.45) is 0 Å². The van der Waals surface area contributed by atoms with E-state index < -0.39 is 6.10 Å². The van der Waals surface area contributed by atoms with Gasteiger partial charge in [0.2, 0.25) is 0 Å². The largest absolute Gasteiger partial charge is 0.507 e. The van der Waals surface area contributed by atoms with E-state index in [-0.39, 0.29) is 5.75 Å². The highest BCUT2D eigenvalue weighted by atomic mass is 16.5. The van der Waals surface area contributed by atoms with E-state index in [1.807, 2.05) is 30.3 Å². The number of hydrogen-bond donors (Lipinski definition) is 1. The van der Waals surface area contributed by atoms with Crippen LogP contribution in [0, 0.1) is 0 Å².